The molecular formula is C22H39BN2O9. The molecule has 2 aliphatic rings. The molecule has 0 aromatic carbocycles. The molecule has 0 aromatic heterocycles. The molecular weight excluding hydrogens is 447 g/mol. The third kappa shape index (κ3) is 5.28. The molecule has 5 N–H and O–H groups in total. The molecule has 2 radical (unpaired) electrons. The van der Waals surface area contributed by atoms with Crippen molar-refractivity contribution in [1.82, 2.24) is 10.1 Å². The topological polar surface area (TPSA) is 160 Å². The molecule has 0 spiro atoms. The number of esters is 2. The first-order valence-corrected chi connectivity index (χ1v) is 11.3. The lowest BCUT2D eigenvalue weighted by Gasteiger charge is -2.51. The van der Waals surface area contributed by atoms with Crippen LogP contribution in [-0.4, -0.2) is 101 Å². The average molecular weight is 486 g/mol. The van der Waals surface area contributed by atoms with Gasteiger partial charge in [-0.05, 0) is 55.4 Å². The van der Waals surface area contributed by atoms with Crippen molar-refractivity contribution in [2.24, 2.45) is 0 Å². The molecule has 0 amide bonds. The Kier molecular flexibility index (Phi) is 7.40. The predicted octanol–water partition coefficient (Wildman–Crippen LogP) is 0.432. The van der Waals surface area contributed by atoms with Crippen molar-refractivity contribution in [3.63, 3.8) is 0 Å². The zero-order chi connectivity index (χ0) is 26.7. The van der Waals surface area contributed by atoms with Gasteiger partial charge in [-0.1, -0.05) is 0 Å². The quantitative estimate of drug-likeness (QED) is 0.208. The number of carbonyl (C=O) groups excluding carboxylic acids is 2. The third-order valence-electron chi connectivity index (χ3n) is 6.88. The van der Waals surface area contributed by atoms with Gasteiger partial charge in [-0.3, -0.25) is 0 Å². The van der Waals surface area contributed by atoms with Gasteiger partial charge in [-0.25, -0.2) is 9.59 Å². The van der Waals surface area contributed by atoms with Crippen LogP contribution in [0.1, 0.15) is 81.1 Å². The maximum absolute atomic E-state index is 12.7. The molecule has 0 saturated carbocycles. The molecule has 0 aromatic rings. The summed E-state index contributed by atoms with van der Waals surface area (Å²) in [6.07, 6.45) is -1.09. The number of rotatable bonds is 5. The standard InChI is InChI=1S/C22H39BN2O9/c1-17(2)9-13(10-18(3,4)24(17)31)33-15(26)21(23,28)22(29,30)16(27)34-14-11-19(5,6)25(32)20(7,8)12-14/h13-14,28-32H,9-12H2,1-8H3. The second-order valence-electron chi connectivity index (χ2n) is 12.2. The van der Waals surface area contributed by atoms with E-state index in [1.165, 1.54) is 0 Å². The molecule has 11 nitrogen and oxygen atoms in total. The summed E-state index contributed by atoms with van der Waals surface area (Å²) in [6.45, 7) is 13.8. The van der Waals surface area contributed by atoms with Crippen molar-refractivity contribution in [2.45, 2.75) is 127 Å². The number of piperidine rings is 2. The minimum absolute atomic E-state index is 0.145. The Hall–Kier alpha value is -1.28. The Bertz CT molecular complexity index is 708. The first-order valence-electron chi connectivity index (χ1n) is 11.3. The molecule has 2 rings (SSSR count). The number of hydroxylamine groups is 4. The smallest absolute Gasteiger partial charge is 0.369 e. The Labute approximate surface area is 201 Å². The molecule has 2 heterocycles. The highest BCUT2D eigenvalue weighted by Crippen LogP contribution is 2.40. The van der Waals surface area contributed by atoms with E-state index < -0.39 is 57.6 Å². The normalized spacial score (nSPS) is 27.6. The van der Waals surface area contributed by atoms with E-state index in [-0.39, 0.29) is 25.7 Å². The summed E-state index contributed by atoms with van der Waals surface area (Å²) in [5.41, 5.74) is -6.74. The van der Waals surface area contributed by atoms with Crippen molar-refractivity contribution in [3.05, 3.63) is 0 Å². The van der Waals surface area contributed by atoms with Gasteiger partial charge in [0.25, 0.3) is 5.79 Å². The van der Waals surface area contributed by atoms with E-state index in [1.54, 1.807) is 55.4 Å². The van der Waals surface area contributed by atoms with Gasteiger partial charge in [0.1, 0.15) is 20.1 Å². The Morgan fingerprint density at radius 3 is 1.26 bits per heavy atom. The van der Waals surface area contributed by atoms with Crippen LogP contribution in [0.3, 0.4) is 0 Å². The summed E-state index contributed by atoms with van der Waals surface area (Å²) in [5.74, 6) is -7.15. The van der Waals surface area contributed by atoms with Gasteiger partial charge in [-0.15, -0.1) is 0 Å². The van der Waals surface area contributed by atoms with Crippen LogP contribution in [0.2, 0.25) is 0 Å². The van der Waals surface area contributed by atoms with Crippen LogP contribution in [0.25, 0.3) is 0 Å². The zero-order valence-electron chi connectivity index (χ0n) is 21.3. The van der Waals surface area contributed by atoms with E-state index in [1.807, 2.05) is 0 Å². The summed E-state index contributed by atoms with van der Waals surface area (Å²) in [7, 11) is 5.52. The number of carbonyl (C=O) groups is 2. The summed E-state index contributed by atoms with van der Waals surface area (Å²) in [6, 6.07) is 0. The monoisotopic (exact) mass is 486 g/mol. The van der Waals surface area contributed by atoms with Crippen LogP contribution in [0.5, 0.6) is 0 Å². The zero-order valence-corrected chi connectivity index (χ0v) is 21.3. The van der Waals surface area contributed by atoms with Crippen molar-refractivity contribution in [2.75, 3.05) is 0 Å². The fourth-order valence-electron chi connectivity index (χ4n) is 5.30. The minimum Gasteiger partial charge on any atom is -0.461 e. The maximum Gasteiger partial charge on any atom is 0.369 e. The summed E-state index contributed by atoms with van der Waals surface area (Å²) >= 11 is 0. The lowest BCUT2D eigenvalue weighted by atomic mass is 9.73. The van der Waals surface area contributed by atoms with Crippen molar-refractivity contribution >= 4 is 19.8 Å². The van der Waals surface area contributed by atoms with Gasteiger partial charge in [0.05, 0.1) is 0 Å². The van der Waals surface area contributed by atoms with Gasteiger partial charge < -0.3 is 35.2 Å². The molecule has 2 saturated heterocycles. The molecule has 0 bridgehead atoms. The number of aliphatic hydroxyl groups is 3. The molecule has 2 aliphatic heterocycles. The molecule has 0 aliphatic carbocycles. The third-order valence-corrected chi connectivity index (χ3v) is 6.88. The SMILES string of the molecule is [B]C(O)(C(=O)OC1CC(C)(C)N(O)C(C)(C)C1)C(O)(O)C(=O)OC1CC(C)(C)N(O)C(C)(C)C1. The van der Waals surface area contributed by atoms with Crippen LogP contribution in [0.4, 0.5) is 0 Å². The van der Waals surface area contributed by atoms with E-state index in [2.05, 4.69) is 0 Å². The molecule has 1 atom stereocenters. The highest BCUT2D eigenvalue weighted by atomic mass is 16.6. The number of ether oxygens (including phenoxy) is 2. The lowest BCUT2D eigenvalue weighted by molar-refractivity contribution is -0.280. The summed E-state index contributed by atoms with van der Waals surface area (Å²) in [4.78, 5) is 25.3. The predicted molar refractivity (Wildman–Crippen MR) is 120 cm³/mol. The van der Waals surface area contributed by atoms with Crippen LogP contribution in [0, 0.1) is 0 Å². The van der Waals surface area contributed by atoms with E-state index in [4.69, 9.17) is 17.3 Å². The lowest BCUT2D eigenvalue weighted by Crippen LogP contribution is -2.67. The highest BCUT2D eigenvalue weighted by molar-refractivity contribution is 6.28. The number of hydrogen-bond acceptors (Lipinski definition) is 11. The van der Waals surface area contributed by atoms with E-state index in [9.17, 15) is 35.3 Å². The second-order valence-corrected chi connectivity index (χ2v) is 12.2. The summed E-state index contributed by atoms with van der Waals surface area (Å²) < 4.78 is 10.5. The first kappa shape index (κ1) is 29.0. The Morgan fingerprint density at radius 1 is 0.706 bits per heavy atom. The molecule has 1 unspecified atom stereocenters. The average Bonchev–Trinajstić information content (AvgIpc) is 2.62. The van der Waals surface area contributed by atoms with E-state index in [0.29, 0.717) is 0 Å². The van der Waals surface area contributed by atoms with Gasteiger partial charge >= 0.3 is 11.9 Å². The van der Waals surface area contributed by atoms with Crippen molar-refractivity contribution < 1.29 is 44.8 Å². The second kappa shape index (κ2) is 8.68. The van der Waals surface area contributed by atoms with E-state index in [0.717, 1.165) is 10.1 Å². The number of hydrogen-bond donors (Lipinski definition) is 5. The Balaban J connectivity index is 2.15. The maximum atomic E-state index is 12.7. The summed E-state index contributed by atoms with van der Waals surface area (Å²) in [5, 5.41) is 54.4. The fraction of sp³-hybridized carbons (Fsp3) is 0.909. The van der Waals surface area contributed by atoms with Crippen LogP contribution >= 0.6 is 0 Å². The van der Waals surface area contributed by atoms with Crippen LogP contribution < -0.4 is 0 Å². The fourth-order valence-corrected chi connectivity index (χ4v) is 5.30. The minimum atomic E-state index is -3.81. The van der Waals surface area contributed by atoms with Gasteiger partial charge in [0.15, 0.2) is 5.50 Å². The molecule has 194 valence electrons. The van der Waals surface area contributed by atoms with Crippen molar-refractivity contribution in [3.8, 4) is 0 Å². The Morgan fingerprint density at radius 2 is 0.971 bits per heavy atom. The van der Waals surface area contributed by atoms with Crippen molar-refractivity contribution in [1.29, 1.82) is 0 Å². The van der Waals surface area contributed by atoms with E-state index >= 15 is 0 Å². The molecule has 2 fully saturated rings. The highest BCUT2D eigenvalue weighted by Gasteiger charge is 2.60. The van der Waals surface area contributed by atoms with Gasteiger partial charge in [-0.2, -0.15) is 10.1 Å². The van der Waals surface area contributed by atoms with Crippen LogP contribution in [-0.2, 0) is 19.1 Å². The van der Waals surface area contributed by atoms with Gasteiger partial charge in [0, 0.05) is 47.8 Å². The van der Waals surface area contributed by atoms with Gasteiger partial charge in [0.2, 0.25) is 0 Å². The molecule has 12 heteroatoms. The molecule has 34 heavy (non-hydrogen) atoms. The first-order chi connectivity index (χ1) is 15.0. The number of nitrogens with zero attached hydrogens (tertiary/aromatic N) is 2. The van der Waals surface area contributed by atoms with Crippen LogP contribution in [0.15, 0.2) is 0 Å². The largest absolute Gasteiger partial charge is 0.461 e.